The Morgan fingerprint density at radius 2 is 1.96 bits per heavy atom. The van der Waals surface area contributed by atoms with E-state index in [0.717, 1.165) is 4.68 Å². The van der Waals surface area contributed by atoms with Gasteiger partial charge in [0.25, 0.3) is 5.56 Å². The largest absolute Gasteiger partial charge is 0.494 e. The van der Waals surface area contributed by atoms with Gasteiger partial charge in [0.2, 0.25) is 0 Å². The van der Waals surface area contributed by atoms with Gasteiger partial charge in [-0.1, -0.05) is 0 Å². The Bertz CT molecular complexity index is 830. The van der Waals surface area contributed by atoms with Crippen molar-refractivity contribution in [3.8, 4) is 11.8 Å². The second kappa shape index (κ2) is 6.88. The standard InChI is InChI=1S/C17H17N3O3/c1-4-23-14-7-5-13(6-8-14)16(21)10-20-17(22)15(9-18)11(2)12(3)19-20/h5-8H,4,10H2,1-3H3. The fraction of sp³-hybridized carbons (Fsp3) is 0.294. The number of Topliss-reactive ketones (excluding diaryl/α,β-unsaturated/α-hetero) is 1. The lowest BCUT2D eigenvalue weighted by Crippen LogP contribution is -2.30. The van der Waals surface area contributed by atoms with E-state index in [1.54, 1.807) is 38.1 Å². The van der Waals surface area contributed by atoms with E-state index in [4.69, 9.17) is 10.00 Å². The number of aryl methyl sites for hydroxylation is 1. The van der Waals surface area contributed by atoms with Gasteiger partial charge in [0.15, 0.2) is 5.78 Å². The Hall–Kier alpha value is -2.94. The third-order valence-corrected chi connectivity index (χ3v) is 3.53. The minimum Gasteiger partial charge on any atom is -0.494 e. The highest BCUT2D eigenvalue weighted by atomic mass is 16.5. The lowest BCUT2D eigenvalue weighted by Gasteiger charge is -2.09. The highest BCUT2D eigenvalue weighted by Crippen LogP contribution is 2.13. The van der Waals surface area contributed by atoms with Gasteiger partial charge in [-0.25, -0.2) is 4.68 Å². The molecule has 0 fully saturated rings. The Labute approximate surface area is 133 Å². The number of rotatable bonds is 5. The maximum atomic E-state index is 12.3. The number of ether oxygens (including phenoxy) is 1. The molecule has 0 saturated heterocycles. The average molecular weight is 311 g/mol. The van der Waals surface area contributed by atoms with Gasteiger partial charge in [0.1, 0.15) is 23.9 Å². The summed E-state index contributed by atoms with van der Waals surface area (Å²) in [5.74, 6) is 0.423. The van der Waals surface area contributed by atoms with Crippen molar-refractivity contribution in [2.75, 3.05) is 6.61 Å². The Kier molecular flexibility index (Phi) is 4.91. The van der Waals surface area contributed by atoms with Crippen LogP contribution in [-0.2, 0) is 6.54 Å². The summed E-state index contributed by atoms with van der Waals surface area (Å²) < 4.78 is 6.36. The van der Waals surface area contributed by atoms with Crippen LogP contribution >= 0.6 is 0 Å². The van der Waals surface area contributed by atoms with Crippen LogP contribution in [0, 0.1) is 25.2 Å². The van der Waals surface area contributed by atoms with Crippen molar-refractivity contribution in [2.24, 2.45) is 0 Å². The van der Waals surface area contributed by atoms with E-state index in [1.807, 2.05) is 13.0 Å². The topological polar surface area (TPSA) is 85.0 Å². The third kappa shape index (κ3) is 3.46. The van der Waals surface area contributed by atoms with Crippen LogP contribution in [0.2, 0.25) is 0 Å². The molecule has 0 spiro atoms. The molecule has 118 valence electrons. The summed E-state index contributed by atoms with van der Waals surface area (Å²) in [7, 11) is 0. The Morgan fingerprint density at radius 3 is 2.52 bits per heavy atom. The minimum atomic E-state index is -0.546. The highest BCUT2D eigenvalue weighted by Gasteiger charge is 2.15. The van der Waals surface area contributed by atoms with Crippen molar-refractivity contribution in [3.05, 3.63) is 57.0 Å². The van der Waals surface area contributed by atoms with Crippen LogP contribution in [0.1, 0.15) is 34.1 Å². The van der Waals surface area contributed by atoms with Gasteiger partial charge in [-0.3, -0.25) is 9.59 Å². The molecule has 0 bridgehead atoms. The number of nitrogens with zero attached hydrogens (tertiary/aromatic N) is 3. The quantitative estimate of drug-likeness (QED) is 0.789. The van der Waals surface area contributed by atoms with Gasteiger partial charge in [0.05, 0.1) is 12.3 Å². The van der Waals surface area contributed by atoms with Crippen LogP contribution in [0.25, 0.3) is 0 Å². The van der Waals surface area contributed by atoms with E-state index in [1.165, 1.54) is 0 Å². The zero-order valence-corrected chi connectivity index (χ0v) is 13.3. The smallest absolute Gasteiger partial charge is 0.285 e. The van der Waals surface area contributed by atoms with Gasteiger partial charge < -0.3 is 4.74 Å². The van der Waals surface area contributed by atoms with E-state index in [9.17, 15) is 9.59 Å². The molecule has 0 aliphatic heterocycles. The van der Waals surface area contributed by atoms with Crippen LogP contribution in [-0.4, -0.2) is 22.2 Å². The predicted molar refractivity (Wildman–Crippen MR) is 84.6 cm³/mol. The molecule has 0 unspecified atom stereocenters. The van der Waals surface area contributed by atoms with Crippen LogP contribution in [0.5, 0.6) is 5.75 Å². The fourth-order valence-corrected chi connectivity index (χ4v) is 2.14. The molecule has 0 N–H and O–H groups in total. The first-order valence-corrected chi connectivity index (χ1v) is 7.22. The average Bonchev–Trinajstić information content (AvgIpc) is 2.54. The summed E-state index contributed by atoms with van der Waals surface area (Å²) in [6.45, 7) is 5.59. The molecule has 0 amide bonds. The second-order valence-corrected chi connectivity index (χ2v) is 5.04. The van der Waals surface area contributed by atoms with Crippen molar-refractivity contribution >= 4 is 5.78 Å². The normalized spacial score (nSPS) is 10.2. The van der Waals surface area contributed by atoms with Crippen molar-refractivity contribution in [1.29, 1.82) is 5.26 Å². The third-order valence-electron chi connectivity index (χ3n) is 3.53. The lowest BCUT2D eigenvalue weighted by molar-refractivity contribution is 0.0965. The summed E-state index contributed by atoms with van der Waals surface area (Å²) in [5, 5.41) is 13.2. The van der Waals surface area contributed by atoms with Crippen LogP contribution in [0.3, 0.4) is 0 Å². The maximum Gasteiger partial charge on any atom is 0.285 e. The molecule has 0 atom stereocenters. The first kappa shape index (κ1) is 16.4. The highest BCUT2D eigenvalue weighted by molar-refractivity contribution is 5.95. The van der Waals surface area contributed by atoms with Gasteiger partial charge in [-0.15, -0.1) is 0 Å². The molecule has 6 nitrogen and oxygen atoms in total. The van der Waals surface area contributed by atoms with E-state index in [0.29, 0.717) is 29.2 Å². The van der Waals surface area contributed by atoms with Crippen molar-refractivity contribution in [3.63, 3.8) is 0 Å². The van der Waals surface area contributed by atoms with E-state index < -0.39 is 5.56 Å². The summed E-state index contributed by atoms with van der Waals surface area (Å²) in [6.07, 6.45) is 0. The molecule has 0 aliphatic rings. The summed E-state index contributed by atoms with van der Waals surface area (Å²) in [6, 6.07) is 8.57. The fourth-order valence-electron chi connectivity index (χ4n) is 2.14. The number of carbonyl (C=O) groups is 1. The van der Waals surface area contributed by atoms with Crippen LogP contribution in [0.4, 0.5) is 0 Å². The molecule has 23 heavy (non-hydrogen) atoms. The minimum absolute atomic E-state index is 0.0250. The summed E-state index contributed by atoms with van der Waals surface area (Å²) >= 11 is 0. The molecule has 1 aromatic carbocycles. The zero-order chi connectivity index (χ0) is 17.0. The molecule has 0 aliphatic carbocycles. The van der Waals surface area contributed by atoms with E-state index in [2.05, 4.69) is 5.10 Å². The first-order valence-electron chi connectivity index (χ1n) is 7.22. The summed E-state index contributed by atoms with van der Waals surface area (Å²) in [5.41, 5.74) is 1.04. The van der Waals surface area contributed by atoms with Crippen LogP contribution in [0.15, 0.2) is 29.1 Å². The number of aromatic nitrogens is 2. The van der Waals surface area contributed by atoms with Gasteiger partial charge in [0, 0.05) is 5.56 Å². The molecule has 6 heteroatoms. The lowest BCUT2D eigenvalue weighted by atomic mass is 10.1. The van der Waals surface area contributed by atoms with Crippen molar-refractivity contribution in [2.45, 2.75) is 27.3 Å². The van der Waals surface area contributed by atoms with Crippen LogP contribution < -0.4 is 10.3 Å². The molecule has 0 radical (unpaired) electrons. The molecular weight excluding hydrogens is 294 g/mol. The van der Waals surface area contributed by atoms with Crippen molar-refractivity contribution < 1.29 is 9.53 Å². The molecule has 1 aromatic heterocycles. The summed E-state index contributed by atoms with van der Waals surface area (Å²) in [4.78, 5) is 24.5. The number of ketones is 1. The first-order chi connectivity index (χ1) is 11.0. The second-order valence-electron chi connectivity index (χ2n) is 5.04. The van der Waals surface area contributed by atoms with E-state index in [-0.39, 0.29) is 17.9 Å². The SMILES string of the molecule is CCOc1ccc(C(=O)Cn2nc(C)c(C)c(C#N)c2=O)cc1. The molecular formula is C17H17N3O3. The van der Waals surface area contributed by atoms with Gasteiger partial charge in [-0.05, 0) is 50.6 Å². The predicted octanol–water partition coefficient (Wildman–Crippen LogP) is 2.01. The Balaban J connectivity index is 2.29. The zero-order valence-electron chi connectivity index (χ0n) is 13.3. The number of carbonyl (C=O) groups excluding carboxylic acids is 1. The van der Waals surface area contributed by atoms with Gasteiger partial charge >= 0.3 is 0 Å². The number of hydrogen-bond donors (Lipinski definition) is 0. The molecule has 1 heterocycles. The molecule has 2 aromatic rings. The van der Waals surface area contributed by atoms with Crippen molar-refractivity contribution in [1.82, 2.24) is 9.78 Å². The number of benzene rings is 1. The Morgan fingerprint density at radius 1 is 1.30 bits per heavy atom. The molecule has 0 saturated carbocycles. The monoisotopic (exact) mass is 311 g/mol. The van der Waals surface area contributed by atoms with Gasteiger partial charge in [-0.2, -0.15) is 10.4 Å². The maximum absolute atomic E-state index is 12.3. The van der Waals surface area contributed by atoms with E-state index >= 15 is 0 Å². The number of nitriles is 1. The number of hydrogen-bond acceptors (Lipinski definition) is 5. The molecule has 2 rings (SSSR count).